The summed E-state index contributed by atoms with van der Waals surface area (Å²) in [6.45, 7) is 4.87. The predicted molar refractivity (Wildman–Crippen MR) is 122 cm³/mol. The van der Waals surface area contributed by atoms with Gasteiger partial charge in [0, 0.05) is 74.5 Å². The molecule has 1 saturated heterocycles. The Kier molecular flexibility index (Phi) is 9.05. The molecular weight excluding hydrogens is 412 g/mol. The van der Waals surface area contributed by atoms with E-state index in [9.17, 15) is 20.2 Å². The molecule has 172 valence electrons. The maximum absolute atomic E-state index is 12.2. The van der Waals surface area contributed by atoms with Gasteiger partial charge in [-0.05, 0) is 12.0 Å². The highest BCUT2D eigenvalue weighted by molar-refractivity contribution is 5.33. The topological polar surface area (TPSA) is 126 Å². The number of nitro groups is 2. The zero-order chi connectivity index (χ0) is 22.8. The second-order valence-electron chi connectivity index (χ2n) is 7.79. The van der Waals surface area contributed by atoms with Gasteiger partial charge >= 0.3 is 0 Å². The molecule has 0 aromatic heterocycles. The van der Waals surface area contributed by atoms with Crippen molar-refractivity contribution in [1.29, 1.82) is 0 Å². The lowest BCUT2D eigenvalue weighted by molar-refractivity contribution is -0.560. The summed E-state index contributed by atoms with van der Waals surface area (Å²) < 4.78 is 0. The Balaban J connectivity index is 1.90. The van der Waals surface area contributed by atoms with Crippen LogP contribution in [0.15, 0.2) is 54.6 Å². The quantitative estimate of drug-likeness (QED) is 0.455. The average molecular weight is 443 g/mol. The van der Waals surface area contributed by atoms with Gasteiger partial charge in [-0.1, -0.05) is 42.5 Å². The number of non-ortho nitro benzene ring substituents is 1. The largest absolute Gasteiger partial charge is 0.314 e. The number of nitrogens with zero attached hydrogens (tertiary/aromatic N) is 3. The molecule has 1 aliphatic heterocycles. The Labute approximate surface area is 187 Å². The predicted octanol–water partition coefficient (Wildman–Crippen LogP) is 1.57. The van der Waals surface area contributed by atoms with Crippen molar-refractivity contribution in [2.24, 2.45) is 0 Å². The van der Waals surface area contributed by atoms with E-state index >= 15 is 0 Å². The Morgan fingerprint density at radius 3 is 2.12 bits per heavy atom. The fourth-order valence-corrected chi connectivity index (χ4v) is 3.98. The highest BCUT2D eigenvalue weighted by atomic mass is 16.6. The van der Waals surface area contributed by atoms with Crippen LogP contribution < -0.4 is 16.0 Å². The van der Waals surface area contributed by atoms with Gasteiger partial charge in [0.2, 0.25) is 0 Å². The number of rotatable bonds is 6. The average Bonchev–Trinajstić information content (AvgIpc) is 2.78. The molecule has 0 amide bonds. The maximum atomic E-state index is 12.2. The third-order valence-electron chi connectivity index (χ3n) is 5.58. The summed E-state index contributed by atoms with van der Waals surface area (Å²) in [5.41, 5.74) is 1.57. The van der Waals surface area contributed by atoms with Crippen LogP contribution in [0.3, 0.4) is 0 Å². The van der Waals surface area contributed by atoms with Crippen LogP contribution in [0.4, 0.5) is 5.69 Å². The molecule has 2 aromatic carbocycles. The van der Waals surface area contributed by atoms with Gasteiger partial charge in [-0.3, -0.25) is 20.2 Å². The van der Waals surface area contributed by atoms with Crippen molar-refractivity contribution in [2.75, 3.05) is 45.8 Å². The van der Waals surface area contributed by atoms with Gasteiger partial charge in [-0.25, -0.2) is 4.90 Å². The molecule has 10 nitrogen and oxygen atoms in total. The van der Waals surface area contributed by atoms with E-state index in [1.54, 1.807) is 24.3 Å². The Morgan fingerprint density at radius 1 is 0.875 bits per heavy atom. The first-order chi connectivity index (χ1) is 15.6. The molecule has 2 aromatic rings. The molecule has 0 aliphatic carbocycles. The summed E-state index contributed by atoms with van der Waals surface area (Å²) in [4.78, 5) is 24.5. The molecule has 0 spiro atoms. The number of nitro benzene ring substituents is 1. The monoisotopic (exact) mass is 442 g/mol. The normalized spacial score (nSPS) is 19.9. The highest BCUT2D eigenvalue weighted by Gasteiger charge is 2.35. The zero-order valence-corrected chi connectivity index (χ0v) is 18.0. The summed E-state index contributed by atoms with van der Waals surface area (Å²) >= 11 is 0. The minimum atomic E-state index is -0.982. The van der Waals surface area contributed by atoms with Crippen LogP contribution in [-0.2, 0) is 6.42 Å². The molecule has 2 unspecified atom stereocenters. The molecule has 0 radical (unpaired) electrons. The van der Waals surface area contributed by atoms with Crippen molar-refractivity contribution in [1.82, 2.24) is 20.9 Å². The second kappa shape index (κ2) is 12.2. The van der Waals surface area contributed by atoms with Crippen LogP contribution in [0.25, 0.3) is 0 Å². The van der Waals surface area contributed by atoms with E-state index in [2.05, 4.69) is 16.0 Å². The fourth-order valence-electron chi connectivity index (χ4n) is 3.98. The zero-order valence-electron chi connectivity index (χ0n) is 18.0. The third kappa shape index (κ3) is 6.79. The maximum Gasteiger partial charge on any atom is 0.294 e. The Bertz CT molecular complexity index is 864. The van der Waals surface area contributed by atoms with Crippen LogP contribution >= 0.6 is 0 Å². The second-order valence-corrected chi connectivity index (χ2v) is 7.79. The van der Waals surface area contributed by atoms with Crippen LogP contribution in [0, 0.1) is 20.2 Å². The van der Waals surface area contributed by atoms with Gasteiger partial charge in [-0.15, -0.1) is 0 Å². The summed E-state index contributed by atoms with van der Waals surface area (Å²) in [6.07, 6.45) is -0.445. The van der Waals surface area contributed by atoms with E-state index in [1.165, 1.54) is 12.1 Å². The lowest BCUT2D eigenvalue weighted by atomic mass is 10.0. The van der Waals surface area contributed by atoms with E-state index in [0.29, 0.717) is 31.6 Å². The SMILES string of the molecule is O=[N+]([O-])c1ccc(CC2CNCCNCCNCCN2C(c2ccccc2)[N+](=O)[O-])cc1. The molecular formula is C22H30N6O4. The molecule has 2 atom stereocenters. The van der Waals surface area contributed by atoms with Crippen molar-refractivity contribution in [3.63, 3.8) is 0 Å². The lowest BCUT2D eigenvalue weighted by Crippen LogP contribution is -2.51. The smallest absolute Gasteiger partial charge is 0.294 e. The summed E-state index contributed by atoms with van der Waals surface area (Å²) in [6, 6.07) is 15.3. The van der Waals surface area contributed by atoms with E-state index in [1.807, 2.05) is 23.1 Å². The van der Waals surface area contributed by atoms with Gasteiger partial charge in [0.25, 0.3) is 11.9 Å². The lowest BCUT2D eigenvalue weighted by Gasteiger charge is -2.34. The van der Waals surface area contributed by atoms with Gasteiger partial charge in [0.05, 0.1) is 4.92 Å². The van der Waals surface area contributed by atoms with Crippen molar-refractivity contribution in [3.8, 4) is 0 Å². The van der Waals surface area contributed by atoms with Crippen molar-refractivity contribution < 1.29 is 9.85 Å². The third-order valence-corrected chi connectivity index (χ3v) is 5.58. The molecule has 32 heavy (non-hydrogen) atoms. The van der Waals surface area contributed by atoms with Crippen LogP contribution in [0.1, 0.15) is 17.3 Å². The van der Waals surface area contributed by atoms with Gasteiger partial charge in [0.1, 0.15) is 0 Å². The van der Waals surface area contributed by atoms with Gasteiger partial charge < -0.3 is 16.0 Å². The number of hydrogen-bond donors (Lipinski definition) is 3. The molecule has 0 bridgehead atoms. The summed E-state index contributed by atoms with van der Waals surface area (Å²) in [7, 11) is 0. The number of hydrogen-bond acceptors (Lipinski definition) is 8. The first-order valence-corrected chi connectivity index (χ1v) is 10.9. The number of benzene rings is 2. The first-order valence-electron chi connectivity index (χ1n) is 10.9. The Hall–Kier alpha value is -2.92. The van der Waals surface area contributed by atoms with E-state index in [-0.39, 0.29) is 16.7 Å². The molecule has 10 heteroatoms. The highest BCUT2D eigenvalue weighted by Crippen LogP contribution is 2.25. The first kappa shape index (κ1) is 23.7. The molecule has 0 saturated carbocycles. The van der Waals surface area contributed by atoms with Crippen molar-refractivity contribution in [2.45, 2.75) is 18.6 Å². The minimum Gasteiger partial charge on any atom is -0.314 e. The summed E-state index contributed by atoms with van der Waals surface area (Å²) in [5, 5.41) is 33.4. The van der Waals surface area contributed by atoms with E-state index in [4.69, 9.17) is 0 Å². The Morgan fingerprint density at radius 2 is 1.50 bits per heavy atom. The van der Waals surface area contributed by atoms with Crippen LogP contribution in [-0.4, -0.2) is 66.6 Å². The standard InChI is InChI=1S/C22H30N6O4/c29-27(30)20-8-6-18(7-9-20)16-21-17-25-13-12-23-10-11-24-14-15-26(21)22(28(31)32)19-4-2-1-3-5-19/h1-9,21-25H,10-17H2. The molecule has 3 rings (SSSR count). The van der Waals surface area contributed by atoms with E-state index in [0.717, 1.165) is 31.7 Å². The van der Waals surface area contributed by atoms with Crippen molar-refractivity contribution >= 4 is 5.69 Å². The van der Waals surface area contributed by atoms with Gasteiger partial charge in [-0.2, -0.15) is 0 Å². The number of nitrogens with one attached hydrogen (secondary N) is 3. The molecule has 1 fully saturated rings. The summed E-state index contributed by atoms with van der Waals surface area (Å²) in [5.74, 6) is 0. The minimum absolute atomic E-state index is 0.0325. The van der Waals surface area contributed by atoms with Gasteiger partial charge in [0.15, 0.2) is 0 Å². The molecule has 1 aliphatic rings. The van der Waals surface area contributed by atoms with Crippen molar-refractivity contribution in [3.05, 3.63) is 86.0 Å². The fraction of sp³-hybridized carbons (Fsp3) is 0.455. The molecule has 1 heterocycles. The van der Waals surface area contributed by atoms with Crippen LogP contribution in [0.2, 0.25) is 0 Å². The van der Waals surface area contributed by atoms with E-state index < -0.39 is 11.1 Å². The van der Waals surface area contributed by atoms with Crippen LogP contribution in [0.5, 0.6) is 0 Å². The molecule has 3 N–H and O–H groups in total.